The Morgan fingerprint density at radius 2 is 2.19 bits per heavy atom. The summed E-state index contributed by atoms with van der Waals surface area (Å²) in [5.74, 6) is 1.56. The number of likely N-dealkylation sites (tertiary alicyclic amines) is 1. The number of anilines is 1. The van der Waals surface area contributed by atoms with E-state index in [-0.39, 0.29) is 0 Å². The van der Waals surface area contributed by atoms with Crippen molar-refractivity contribution in [2.45, 2.75) is 45.3 Å². The molecule has 0 amide bonds. The average Bonchev–Trinajstić information content (AvgIpc) is 2.62. The molecule has 3 rings (SSSR count). The van der Waals surface area contributed by atoms with Crippen LogP contribution in [-0.2, 0) is 0 Å². The number of pyridine rings is 1. The first-order valence-electron chi connectivity index (χ1n) is 9.51. The first-order chi connectivity index (χ1) is 12.4. The van der Waals surface area contributed by atoms with E-state index in [9.17, 15) is 5.11 Å². The van der Waals surface area contributed by atoms with E-state index >= 15 is 0 Å². The lowest BCUT2D eigenvalue weighted by atomic mass is 9.92. The highest BCUT2D eigenvalue weighted by molar-refractivity contribution is 5.91. The fraction of sp³-hybridized carbons (Fsp3) is 0.571. The van der Waals surface area contributed by atoms with E-state index in [0.717, 1.165) is 34.8 Å². The molecule has 0 spiro atoms. The van der Waals surface area contributed by atoms with Gasteiger partial charge in [0.2, 0.25) is 0 Å². The molecule has 1 saturated heterocycles. The molecule has 5 heteroatoms. The smallest absolute Gasteiger partial charge is 0.121 e. The molecular formula is C21H31N3O2. The van der Waals surface area contributed by atoms with E-state index in [1.807, 2.05) is 31.2 Å². The van der Waals surface area contributed by atoms with Gasteiger partial charge in [0.25, 0.3) is 0 Å². The molecule has 0 unspecified atom stereocenters. The van der Waals surface area contributed by atoms with Crippen molar-refractivity contribution < 1.29 is 9.84 Å². The second kappa shape index (κ2) is 7.80. The molecule has 1 aliphatic heterocycles. The summed E-state index contributed by atoms with van der Waals surface area (Å²) in [7, 11) is 1.66. The lowest BCUT2D eigenvalue weighted by Gasteiger charge is -2.40. The van der Waals surface area contributed by atoms with Crippen LogP contribution in [0.1, 0.15) is 33.6 Å². The van der Waals surface area contributed by atoms with Crippen molar-refractivity contribution in [2.24, 2.45) is 5.92 Å². The van der Waals surface area contributed by atoms with Crippen LogP contribution in [0.5, 0.6) is 5.75 Å². The molecule has 2 heterocycles. The van der Waals surface area contributed by atoms with Crippen molar-refractivity contribution in [1.82, 2.24) is 9.88 Å². The molecule has 142 valence electrons. The van der Waals surface area contributed by atoms with E-state index in [1.165, 1.54) is 12.8 Å². The van der Waals surface area contributed by atoms with Crippen molar-refractivity contribution >= 4 is 16.6 Å². The summed E-state index contributed by atoms with van der Waals surface area (Å²) >= 11 is 0. The third-order valence-electron chi connectivity index (χ3n) is 5.39. The second-order valence-corrected chi connectivity index (χ2v) is 8.05. The summed E-state index contributed by atoms with van der Waals surface area (Å²) < 4.78 is 5.40. The van der Waals surface area contributed by atoms with Crippen LogP contribution in [0.2, 0.25) is 0 Å². The Kier molecular flexibility index (Phi) is 5.68. The van der Waals surface area contributed by atoms with E-state index in [0.29, 0.717) is 19.1 Å². The van der Waals surface area contributed by atoms with Crippen LogP contribution in [0.15, 0.2) is 30.5 Å². The number of β-amino-alcohol motifs (C(OH)–C–C–N with tert-alkyl or cyclic N) is 1. The van der Waals surface area contributed by atoms with Crippen LogP contribution in [0.25, 0.3) is 10.9 Å². The summed E-state index contributed by atoms with van der Waals surface area (Å²) in [6.45, 7) is 8.67. The number of aliphatic hydroxyl groups is 1. The molecule has 26 heavy (non-hydrogen) atoms. The highest BCUT2D eigenvalue weighted by atomic mass is 16.5. The van der Waals surface area contributed by atoms with Crippen molar-refractivity contribution in [3.63, 3.8) is 0 Å². The Labute approximate surface area is 156 Å². The lowest BCUT2D eigenvalue weighted by Crippen LogP contribution is -2.51. The predicted molar refractivity (Wildman–Crippen MR) is 107 cm³/mol. The molecule has 1 aliphatic rings. The summed E-state index contributed by atoms with van der Waals surface area (Å²) in [6, 6.07) is 8.37. The molecule has 1 aromatic carbocycles. The zero-order valence-electron chi connectivity index (χ0n) is 16.3. The van der Waals surface area contributed by atoms with Crippen LogP contribution in [0.4, 0.5) is 5.69 Å². The van der Waals surface area contributed by atoms with Gasteiger partial charge in [0.15, 0.2) is 0 Å². The Bertz CT molecular complexity index is 747. The summed E-state index contributed by atoms with van der Waals surface area (Å²) in [5.41, 5.74) is 0.962. The number of rotatable bonds is 6. The highest BCUT2D eigenvalue weighted by Crippen LogP contribution is 2.29. The normalized spacial score (nSPS) is 23.6. The van der Waals surface area contributed by atoms with Crippen LogP contribution in [0, 0.1) is 5.92 Å². The zero-order valence-corrected chi connectivity index (χ0v) is 16.3. The second-order valence-electron chi connectivity index (χ2n) is 8.05. The third kappa shape index (κ3) is 4.46. The van der Waals surface area contributed by atoms with Crippen molar-refractivity contribution in [3.05, 3.63) is 30.5 Å². The highest BCUT2D eigenvalue weighted by Gasteiger charge is 2.30. The van der Waals surface area contributed by atoms with Gasteiger partial charge in [-0.25, -0.2) is 0 Å². The van der Waals surface area contributed by atoms with Gasteiger partial charge in [-0.2, -0.15) is 0 Å². The molecule has 0 radical (unpaired) electrons. The van der Waals surface area contributed by atoms with E-state index in [2.05, 4.69) is 29.0 Å². The van der Waals surface area contributed by atoms with Gasteiger partial charge < -0.3 is 15.2 Å². The first kappa shape index (κ1) is 18.9. The fourth-order valence-corrected chi connectivity index (χ4v) is 3.89. The lowest BCUT2D eigenvalue weighted by molar-refractivity contribution is 0.00269. The fourth-order valence-electron chi connectivity index (χ4n) is 3.89. The maximum Gasteiger partial charge on any atom is 0.121 e. The SMILES string of the molecule is COc1cc(NC[C@](C)(O)CN2CC[C@@H](C)C[C@@H]2C)c2ncccc2c1. The Balaban J connectivity index is 1.70. The Morgan fingerprint density at radius 3 is 2.92 bits per heavy atom. The molecule has 0 saturated carbocycles. The largest absolute Gasteiger partial charge is 0.497 e. The number of hydrogen-bond acceptors (Lipinski definition) is 5. The molecule has 1 aromatic heterocycles. The molecule has 2 aromatic rings. The van der Waals surface area contributed by atoms with Crippen molar-refractivity contribution in [2.75, 3.05) is 32.1 Å². The summed E-state index contributed by atoms with van der Waals surface area (Å²) in [4.78, 5) is 6.89. The van der Waals surface area contributed by atoms with Gasteiger partial charge >= 0.3 is 0 Å². The topological polar surface area (TPSA) is 57.6 Å². The van der Waals surface area contributed by atoms with Gasteiger partial charge in [-0.1, -0.05) is 13.0 Å². The Morgan fingerprint density at radius 1 is 1.38 bits per heavy atom. The molecule has 3 atom stereocenters. The van der Waals surface area contributed by atoms with Crippen LogP contribution in [0.3, 0.4) is 0 Å². The number of hydrogen-bond donors (Lipinski definition) is 2. The molecule has 2 N–H and O–H groups in total. The van der Waals surface area contributed by atoms with Gasteiger partial charge in [0.1, 0.15) is 5.75 Å². The van der Waals surface area contributed by atoms with Crippen LogP contribution >= 0.6 is 0 Å². The monoisotopic (exact) mass is 357 g/mol. The van der Waals surface area contributed by atoms with E-state index < -0.39 is 5.60 Å². The maximum absolute atomic E-state index is 11.0. The molecule has 0 bridgehead atoms. The average molecular weight is 357 g/mol. The molecular weight excluding hydrogens is 326 g/mol. The quantitative estimate of drug-likeness (QED) is 0.828. The molecule has 0 aliphatic carbocycles. The first-order valence-corrected chi connectivity index (χ1v) is 9.51. The predicted octanol–water partition coefficient (Wildman–Crippen LogP) is 3.53. The van der Waals surface area contributed by atoms with Gasteiger partial charge in [-0.05, 0) is 51.3 Å². The van der Waals surface area contributed by atoms with Gasteiger partial charge in [-0.3, -0.25) is 9.88 Å². The number of ether oxygens (including phenoxy) is 1. The number of fused-ring (bicyclic) bond motifs is 1. The minimum Gasteiger partial charge on any atom is -0.497 e. The zero-order chi connectivity index (χ0) is 18.7. The van der Waals surface area contributed by atoms with Crippen LogP contribution in [-0.4, -0.2) is 53.4 Å². The van der Waals surface area contributed by atoms with Crippen LogP contribution < -0.4 is 10.1 Å². The number of nitrogens with zero attached hydrogens (tertiary/aromatic N) is 2. The van der Waals surface area contributed by atoms with Gasteiger partial charge in [0.05, 0.1) is 23.9 Å². The maximum atomic E-state index is 11.0. The minimum atomic E-state index is -0.820. The molecule has 1 fully saturated rings. The van der Waals surface area contributed by atoms with Crippen molar-refractivity contribution in [1.29, 1.82) is 0 Å². The van der Waals surface area contributed by atoms with Gasteiger partial charge in [0, 0.05) is 36.8 Å². The number of piperidine rings is 1. The van der Waals surface area contributed by atoms with E-state index in [4.69, 9.17) is 4.74 Å². The van der Waals surface area contributed by atoms with Gasteiger partial charge in [-0.15, -0.1) is 0 Å². The number of nitrogens with one attached hydrogen (secondary N) is 1. The van der Waals surface area contributed by atoms with E-state index in [1.54, 1.807) is 13.3 Å². The number of methoxy groups -OCH3 is 1. The minimum absolute atomic E-state index is 0.463. The number of aromatic nitrogens is 1. The van der Waals surface area contributed by atoms with Crippen molar-refractivity contribution in [3.8, 4) is 5.75 Å². The standard InChI is InChI=1S/C21H31N3O2/c1-15-7-9-24(16(2)10-15)14-21(3,25)13-23-19-12-18(26-4)11-17-6-5-8-22-20(17)19/h5-6,8,11-12,15-16,23,25H,7,9-10,13-14H2,1-4H3/t15-,16+,21+/m1/s1. The third-order valence-corrected chi connectivity index (χ3v) is 5.39. The number of benzene rings is 1. The summed E-state index contributed by atoms with van der Waals surface area (Å²) in [6.07, 6.45) is 4.20. The Hall–Kier alpha value is -1.85. The molecule has 5 nitrogen and oxygen atoms in total. The summed E-state index contributed by atoms with van der Waals surface area (Å²) in [5, 5.41) is 15.4.